The summed E-state index contributed by atoms with van der Waals surface area (Å²) in [5.41, 5.74) is 1.97. The van der Waals surface area contributed by atoms with Crippen LogP contribution in [0.1, 0.15) is 16.8 Å². The van der Waals surface area contributed by atoms with Crippen LogP contribution >= 0.6 is 0 Å². The van der Waals surface area contributed by atoms with Crippen molar-refractivity contribution in [3.63, 3.8) is 0 Å². The molecule has 0 N–H and O–H groups in total. The molecule has 9 nitrogen and oxygen atoms in total. The lowest BCUT2D eigenvalue weighted by Gasteiger charge is -2.16. The van der Waals surface area contributed by atoms with Crippen LogP contribution in [0.5, 0.6) is 23.0 Å². The molecule has 0 radical (unpaired) electrons. The van der Waals surface area contributed by atoms with E-state index in [0.29, 0.717) is 39.8 Å². The van der Waals surface area contributed by atoms with Gasteiger partial charge in [-0.25, -0.2) is 14.9 Å². The van der Waals surface area contributed by atoms with Gasteiger partial charge in [0.2, 0.25) is 5.95 Å². The molecule has 1 heterocycles. The molecule has 0 saturated heterocycles. The number of aromatic nitrogens is 2. The van der Waals surface area contributed by atoms with E-state index in [4.69, 9.17) is 18.9 Å². The number of ether oxygens (including phenoxy) is 4. The Balaban J connectivity index is 1.90. The van der Waals surface area contributed by atoms with E-state index in [-0.39, 0.29) is 5.95 Å². The maximum absolute atomic E-state index is 13.2. The van der Waals surface area contributed by atoms with Crippen molar-refractivity contribution < 1.29 is 28.5 Å². The molecule has 186 valence electrons. The molecule has 0 atom stereocenters. The van der Waals surface area contributed by atoms with Crippen LogP contribution < -0.4 is 23.8 Å². The van der Waals surface area contributed by atoms with Crippen LogP contribution in [0.25, 0.3) is 12.2 Å². The Morgan fingerprint density at radius 3 is 1.61 bits per heavy atom. The molecule has 9 heteroatoms. The Kier molecular flexibility index (Phi) is 8.77. The van der Waals surface area contributed by atoms with Gasteiger partial charge in [0.1, 0.15) is 0 Å². The number of aryl methyl sites for hydroxylation is 1. The summed E-state index contributed by atoms with van der Waals surface area (Å²) < 4.78 is 21.1. The van der Waals surface area contributed by atoms with Crippen molar-refractivity contribution in [3.8, 4) is 23.0 Å². The fourth-order valence-electron chi connectivity index (χ4n) is 3.25. The van der Waals surface area contributed by atoms with Crippen molar-refractivity contribution in [3.05, 3.63) is 77.6 Å². The van der Waals surface area contributed by atoms with E-state index in [1.54, 1.807) is 61.5 Å². The van der Waals surface area contributed by atoms with Crippen LogP contribution in [0.4, 0.5) is 5.95 Å². The molecule has 2 aromatic carbocycles. The summed E-state index contributed by atoms with van der Waals surface area (Å²) in [6.07, 6.45) is 7.17. The zero-order valence-corrected chi connectivity index (χ0v) is 20.7. The van der Waals surface area contributed by atoms with E-state index in [9.17, 15) is 9.59 Å². The highest BCUT2D eigenvalue weighted by molar-refractivity contribution is 6.22. The first-order valence-corrected chi connectivity index (χ1v) is 10.9. The molecule has 0 bridgehead atoms. The molecule has 0 aliphatic rings. The van der Waals surface area contributed by atoms with Crippen LogP contribution in [0.2, 0.25) is 0 Å². The maximum atomic E-state index is 13.2. The molecule has 0 spiro atoms. The second kappa shape index (κ2) is 12.2. The minimum Gasteiger partial charge on any atom is -0.493 e. The van der Waals surface area contributed by atoms with E-state index < -0.39 is 11.8 Å². The van der Waals surface area contributed by atoms with Crippen LogP contribution in [-0.2, 0) is 9.59 Å². The number of imide groups is 1. The Morgan fingerprint density at radius 1 is 0.722 bits per heavy atom. The van der Waals surface area contributed by atoms with Crippen molar-refractivity contribution in [1.29, 1.82) is 0 Å². The van der Waals surface area contributed by atoms with Gasteiger partial charge in [-0.3, -0.25) is 9.59 Å². The second-order valence-corrected chi connectivity index (χ2v) is 7.41. The fraction of sp³-hybridized carbons (Fsp3) is 0.185. The second-order valence-electron chi connectivity index (χ2n) is 7.41. The van der Waals surface area contributed by atoms with E-state index in [0.717, 1.165) is 4.90 Å². The summed E-state index contributed by atoms with van der Waals surface area (Å²) in [5, 5.41) is 0. The first kappa shape index (κ1) is 26.0. The van der Waals surface area contributed by atoms with Gasteiger partial charge in [-0.05, 0) is 60.5 Å². The standard InChI is InChI=1S/C27H27N3O6/c1-18-14-15-28-27(29-18)30(25(31)12-8-19-6-10-21(33-2)23(16-19)35-4)26(32)13-9-20-7-11-22(34-3)24(17-20)36-5/h6-17H,1-5H3/b12-8+,13-9+. The summed E-state index contributed by atoms with van der Waals surface area (Å²) >= 11 is 0. The van der Waals surface area contributed by atoms with Crippen LogP contribution in [0.3, 0.4) is 0 Å². The molecular weight excluding hydrogens is 462 g/mol. The van der Waals surface area contributed by atoms with E-state index in [2.05, 4.69) is 9.97 Å². The molecule has 2 amide bonds. The van der Waals surface area contributed by atoms with Crippen molar-refractivity contribution in [1.82, 2.24) is 9.97 Å². The van der Waals surface area contributed by atoms with Gasteiger partial charge in [-0.2, -0.15) is 0 Å². The monoisotopic (exact) mass is 489 g/mol. The molecule has 36 heavy (non-hydrogen) atoms. The highest BCUT2D eigenvalue weighted by Gasteiger charge is 2.22. The average Bonchev–Trinajstić information content (AvgIpc) is 2.90. The number of anilines is 1. The van der Waals surface area contributed by atoms with Gasteiger partial charge in [0, 0.05) is 24.0 Å². The summed E-state index contributed by atoms with van der Waals surface area (Å²) in [5.74, 6) is 0.894. The molecule has 3 aromatic rings. The predicted octanol–water partition coefficient (Wildman–Crippen LogP) is 4.11. The van der Waals surface area contributed by atoms with Crippen molar-refractivity contribution in [2.45, 2.75) is 6.92 Å². The number of carbonyl (C=O) groups excluding carboxylic acids is 2. The van der Waals surface area contributed by atoms with Gasteiger partial charge < -0.3 is 18.9 Å². The molecule has 0 aliphatic heterocycles. The number of benzene rings is 2. The summed E-state index contributed by atoms with van der Waals surface area (Å²) in [7, 11) is 6.13. The molecule has 0 unspecified atom stereocenters. The highest BCUT2D eigenvalue weighted by Crippen LogP contribution is 2.29. The highest BCUT2D eigenvalue weighted by atomic mass is 16.5. The molecule has 0 saturated carbocycles. The van der Waals surface area contributed by atoms with Crippen molar-refractivity contribution in [2.75, 3.05) is 33.3 Å². The fourth-order valence-corrected chi connectivity index (χ4v) is 3.25. The first-order chi connectivity index (χ1) is 17.4. The van der Waals surface area contributed by atoms with Gasteiger partial charge in [-0.15, -0.1) is 0 Å². The minimum atomic E-state index is -0.614. The van der Waals surface area contributed by atoms with Crippen LogP contribution in [-0.4, -0.2) is 50.2 Å². The Labute approximate surface area is 209 Å². The molecule has 3 rings (SSSR count). The zero-order valence-electron chi connectivity index (χ0n) is 20.7. The Hall–Kier alpha value is -4.66. The van der Waals surface area contributed by atoms with Crippen molar-refractivity contribution in [2.24, 2.45) is 0 Å². The number of carbonyl (C=O) groups is 2. The minimum absolute atomic E-state index is 0.0288. The molecule has 0 fully saturated rings. The number of hydrogen-bond acceptors (Lipinski definition) is 8. The van der Waals surface area contributed by atoms with Gasteiger partial charge >= 0.3 is 0 Å². The predicted molar refractivity (Wildman–Crippen MR) is 136 cm³/mol. The molecule has 1 aromatic heterocycles. The Bertz CT molecular complexity index is 1220. The van der Waals surface area contributed by atoms with Gasteiger partial charge in [0.25, 0.3) is 11.8 Å². The normalized spacial score (nSPS) is 10.9. The average molecular weight is 490 g/mol. The molecular formula is C27H27N3O6. The summed E-state index contributed by atoms with van der Waals surface area (Å²) in [6.45, 7) is 1.75. The van der Waals surface area contributed by atoms with Crippen molar-refractivity contribution >= 4 is 29.9 Å². The zero-order chi connectivity index (χ0) is 26.1. The third-order valence-corrected chi connectivity index (χ3v) is 5.07. The lowest BCUT2D eigenvalue weighted by Crippen LogP contribution is -2.36. The third-order valence-electron chi connectivity index (χ3n) is 5.07. The smallest absolute Gasteiger partial charge is 0.260 e. The van der Waals surface area contributed by atoms with Gasteiger partial charge in [0.05, 0.1) is 28.4 Å². The Morgan fingerprint density at radius 2 is 1.19 bits per heavy atom. The SMILES string of the molecule is COc1ccc(/C=C/C(=O)N(C(=O)/C=C/c2ccc(OC)c(OC)c2)c2nccc(C)n2)cc1OC. The maximum Gasteiger partial charge on any atom is 0.260 e. The number of methoxy groups -OCH3 is 4. The van der Waals surface area contributed by atoms with E-state index >= 15 is 0 Å². The molecule has 0 aliphatic carbocycles. The van der Waals surface area contributed by atoms with E-state index in [1.807, 2.05) is 0 Å². The summed E-state index contributed by atoms with van der Waals surface area (Å²) in [6, 6.07) is 12.1. The topological polar surface area (TPSA) is 100 Å². The van der Waals surface area contributed by atoms with Crippen LogP contribution in [0.15, 0.2) is 60.8 Å². The first-order valence-electron chi connectivity index (χ1n) is 10.9. The third kappa shape index (κ3) is 6.26. The summed E-state index contributed by atoms with van der Waals surface area (Å²) in [4.78, 5) is 35.6. The van der Waals surface area contributed by atoms with Gasteiger partial charge in [0.15, 0.2) is 23.0 Å². The lowest BCUT2D eigenvalue weighted by atomic mass is 10.1. The number of hydrogen-bond donors (Lipinski definition) is 0. The number of rotatable bonds is 9. The van der Waals surface area contributed by atoms with Crippen LogP contribution in [0, 0.1) is 6.92 Å². The van der Waals surface area contributed by atoms with E-state index in [1.165, 1.54) is 46.8 Å². The lowest BCUT2D eigenvalue weighted by molar-refractivity contribution is -0.121. The number of nitrogens with zero attached hydrogens (tertiary/aromatic N) is 3. The number of amides is 2. The largest absolute Gasteiger partial charge is 0.493 e. The quantitative estimate of drug-likeness (QED) is 0.414. The van der Waals surface area contributed by atoms with Gasteiger partial charge in [-0.1, -0.05) is 12.1 Å².